The Balaban J connectivity index is 1.99. The Bertz CT molecular complexity index is 587. The van der Waals surface area contributed by atoms with Crippen LogP contribution in [-0.4, -0.2) is 12.4 Å². The van der Waals surface area contributed by atoms with E-state index in [4.69, 9.17) is 4.74 Å². The molecule has 0 fully saturated rings. The number of ether oxygens (including phenoxy) is 1. The van der Waals surface area contributed by atoms with E-state index < -0.39 is 0 Å². The Morgan fingerprint density at radius 3 is 2.65 bits per heavy atom. The standard InChI is InChI=1S/C18H20O2/c1-3-20-17-9-5-8-16(13-17)18(19)11-10-15-7-4-6-14(2)12-15/h4-9,12-13H,3,10-11H2,1-2H3. The van der Waals surface area contributed by atoms with Crippen molar-refractivity contribution in [2.75, 3.05) is 6.61 Å². The summed E-state index contributed by atoms with van der Waals surface area (Å²) < 4.78 is 5.42. The van der Waals surface area contributed by atoms with Gasteiger partial charge < -0.3 is 4.74 Å². The van der Waals surface area contributed by atoms with Crippen LogP contribution in [0.4, 0.5) is 0 Å². The molecule has 0 aliphatic rings. The number of hydrogen-bond acceptors (Lipinski definition) is 2. The lowest BCUT2D eigenvalue weighted by atomic mass is 10.0. The van der Waals surface area contributed by atoms with Crippen molar-refractivity contribution in [1.29, 1.82) is 0 Å². The van der Waals surface area contributed by atoms with Crippen LogP contribution in [0, 0.1) is 6.92 Å². The summed E-state index contributed by atoms with van der Waals surface area (Å²) >= 11 is 0. The molecule has 0 radical (unpaired) electrons. The van der Waals surface area contributed by atoms with E-state index in [1.165, 1.54) is 11.1 Å². The number of hydrogen-bond donors (Lipinski definition) is 0. The van der Waals surface area contributed by atoms with Crippen molar-refractivity contribution in [3.63, 3.8) is 0 Å². The Labute approximate surface area is 120 Å². The fourth-order valence-corrected chi connectivity index (χ4v) is 2.20. The van der Waals surface area contributed by atoms with Gasteiger partial charge >= 0.3 is 0 Å². The summed E-state index contributed by atoms with van der Waals surface area (Å²) in [5, 5.41) is 0. The maximum atomic E-state index is 12.2. The number of rotatable bonds is 6. The van der Waals surface area contributed by atoms with Crippen LogP contribution < -0.4 is 4.74 Å². The molecule has 0 aliphatic heterocycles. The van der Waals surface area contributed by atoms with E-state index in [2.05, 4.69) is 25.1 Å². The fourth-order valence-electron chi connectivity index (χ4n) is 2.20. The highest BCUT2D eigenvalue weighted by atomic mass is 16.5. The first-order valence-electron chi connectivity index (χ1n) is 7.00. The van der Waals surface area contributed by atoms with Gasteiger partial charge in [0.1, 0.15) is 5.75 Å². The van der Waals surface area contributed by atoms with Gasteiger partial charge in [-0.2, -0.15) is 0 Å². The van der Waals surface area contributed by atoms with Crippen LogP contribution in [0.5, 0.6) is 5.75 Å². The third-order valence-corrected chi connectivity index (χ3v) is 3.19. The first kappa shape index (κ1) is 14.3. The molecule has 20 heavy (non-hydrogen) atoms. The number of benzene rings is 2. The molecule has 0 heterocycles. The number of carbonyl (C=O) groups is 1. The monoisotopic (exact) mass is 268 g/mol. The normalized spacial score (nSPS) is 10.3. The van der Waals surface area contributed by atoms with E-state index in [1.54, 1.807) is 0 Å². The zero-order chi connectivity index (χ0) is 14.4. The predicted octanol–water partition coefficient (Wildman–Crippen LogP) is 4.21. The number of ketones is 1. The molecule has 0 aliphatic carbocycles. The third-order valence-electron chi connectivity index (χ3n) is 3.19. The van der Waals surface area contributed by atoms with Crippen LogP contribution in [0.1, 0.15) is 34.8 Å². The van der Waals surface area contributed by atoms with Crippen LogP contribution >= 0.6 is 0 Å². The largest absolute Gasteiger partial charge is 0.494 e. The highest BCUT2D eigenvalue weighted by molar-refractivity contribution is 5.96. The molecule has 0 aromatic heterocycles. The lowest BCUT2D eigenvalue weighted by Gasteiger charge is -2.06. The molecule has 0 saturated heterocycles. The molecule has 2 rings (SSSR count). The van der Waals surface area contributed by atoms with Crippen LogP contribution in [0.15, 0.2) is 48.5 Å². The molecule has 0 spiro atoms. The summed E-state index contributed by atoms with van der Waals surface area (Å²) in [6.45, 7) is 4.62. The van der Waals surface area contributed by atoms with E-state index in [0.717, 1.165) is 17.7 Å². The number of aryl methyl sites for hydroxylation is 2. The maximum absolute atomic E-state index is 12.2. The molecule has 2 heteroatoms. The predicted molar refractivity (Wildman–Crippen MR) is 81.4 cm³/mol. The van der Waals surface area contributed by atoms with Gasteiger partial charge in [0, 0.05) is 12.0 Å². The minimum atomic E-state index is 0.160. The lowest BCUT2D eigenvalue weighted by molar-refractivity contribution is 0.0982. The van der Waals surface area contributed by atoms with Gasteiger partial charge in [-0.15, -0.1) is 0 Å². The molecule has 2 aromatic rings. The minimum absolute atomic E-state index is 0.160. The Kier molecular flexibility index (Phi) is 4.94. The summed E-state index contributed by atoms with van der Waals surface area (Å²) in [6, 6.07) is 15.7. The summed E-state index contributed by atoms with van der Waals surface area (Å²) in [5.74, 6) is 0.918. The topological polar surface area (TPSA) is 26.3 Å². The molecule has 0 amide bonds. The molecule has 0 unspecified atom stereocenters. The van der Waals surface area contributed by atoms with Crippen LogP contribution in [0.25, 0.3) is 0 Å². The molecule has 0 saturated carbocycles. The smallest absolute Gasteiger partial charge is 0.163 e. The van der Waals surface area contributed by atoms with Gasteiger partial charge in [-0.05, 0) is 38.0 Å². The van der Waals surface area contributed by atoms with Crippen molar-refractivity contribution >= 4 is 5.78 Å². The molecule has 0 atom stereocenters. The van der Waals surface area contributed by atoms with E-state index in [1.807, 2.05) is 37.3 Å². The molecule has 0 N–H and O–H groups in total. The van der Waals surface area contributed by atoms with Gasteiger partial charge in [-0.3, -0.25) is 4.79 Å². The number of carbonyl (C=O) groups excluding carboxylic acids is 1. The van der Waals surface area contributed by atoms with Gasteiger partial charge in [-0.1, -0.05) is 42.0 Å². The molecule has 104 valence electrons. The molecule has 2 aromatic carbocycles. The van der Waals surface area contributed by atoms with Gasteiger partial charge in [0.15, 0.2) is 5.78 Å². The van der Waals surface area contributed by atoms with Crippen LogP contribution in [0.2, 0.25) is 0 Å². The maximum Gasteiger partial charge on any atom is 0.163 e. The zero-order valence-corrected chi connectivity index (χ0v) is 12.1. The second kappa shape index (κ2) is 6.90. The second-order valence-electron chi connectivity index (χ2n) is 4.87. The van der Waals surface area contributed by atoms with Crippen molar-refractivity contribution in [1.82, 2.24) is 0 Å². The fraction of sp³-hybridized carbons (Fsp3) is 0.278. The Hall–Kier alpha value is -2.09. The second-order valence-corrected chi connectivity index (χ2v) is 4.87. The zero-order valence-electron chi connectivity index (χ0n) is 12.1. The van der Waals surface area contributed by atoms with Crippen LogP contribution in [-0.2, 0) is 6.42 Å². The molecule has 0 bridgehead atoms. The highest BCUT2D eigenvalue weighted by Crippen LogP contribution is 2.16. The van der Waals surface area contributed by atoms with Crippen molar-refractivity contribution < 1.29 is 9.53 Å². The summed E-state index contributed by atoms with van der Waals surface area (Å²) in [4.78, 5) is 12.2. The van der Waals surface area contributed by atoms with E-state index in [0.29, 0.717) is 13.0 Å². The third kappa shape index (κ3) is 3.95. The van der Waals surface area contributed by atoms with Crippen LogP contribution in [0.3, 0.4) is 0 Å². The van der Waals surface area contributed by atoms with Crippen molar-refractivity contribution in [2.45, 2.75) is 26.7 Å². The average molecular weight is 268 g/mol. The molecular weight excluding hydrogens is 248 g/mol. The van der Waals surface area contributed by atoms with E-state index >= 15 is 0 Å². The van der Waals surface area contributed by atoms with Gasteiger partial charge in [0.25, 0.3) is 0 Å². The lowest BCUT2D eigenvalue weighted by Crippen LogP contribution is -2.02. The molecular formula is C18H20O2. The Morgan fingerprint density at radius 2 is 1.90 bits per heavy atom. The van der Waals surface area contributed by atoms with Crippen molar-refractivity contribution in [3.8, 4) is 5.75 Å². The first-order chi connectivity index (χ1) is 9.69. The van der Waals surface area contributed by atoms with Gasteiger partial charge in [0.05, 0.1) is 6.61 Å². The summed E-state index contributed by atoms with van der Waals surface area (Å²) in [6.07, 6.45) is 1.30. The van der Waals surface area contributed by atoms with E-state index in [9.17, 15) is 4.79 Å². The van der Waals surface area contributed by atoms with Gasteiger partial charge in [-0.25, -0.2) is 0 Å². The average Bonchev–Trinajstić information content (AvgIpc) is 2.45. The first-order valence-corrected chi connectivity index (χ1v) is 7.00. The van der Waals surface area contributed by atoms with E-state index in [-0.39, 0.29) is 5.78 Å². The summed E-state index contributed by atoms with van der Waals surface area (Å²) in [5.41, 5.74) is 3.16. The minimum Gasteiger partial charge on any atom is -0.494 e. The van der Waals surface area contributed by atoms with Crippen molar-refractivity contribution in [2.24, 2.45) is 0 Å². The highest BCUT2D eigenvalue weighted by Gasteiger charge is 2.07. The summed E-state index contributed by atoms with van der Waals surface area (Å²) in [7, 11) is 0. The quantitative estimate of drug-likeness (QED) is 0.734. The number of Topliss-reactive ketones (excluding diaryl/α,β-unsaturated/α-hetero) is 1. The van der Waals surface area contributed by atoms with Crippen molar-refractivity contribution in [3.05, 3.63) is 65.2 Å². The van der Waals surface area contributed by atoms with Gasteiger partial charge in [0.2, 0.25) is 0 Å². The molecule has 2 nitrogen and oxygen atoms in total. The SMILES string of the molecule is CCOc1cccc(C(=O)CCc2cccc(C)c2)c1. The Morgan fingerprint density at radius 1 is 1.10 bits per heavy atom.